The molecule has 1 aromatic rings. The SMILES string of the molecule is CC(=O)OC(O)C(=O)[C@](O)(OC(C)=O)[C@@](O)(OC(C)=O)C(=O)C(=O)S(O)(O)c1ccc(C)cc1. The highest BCUT2D eigenvalue weighted by atomic mass is 32.3. The van der Waals surface area contributed by atoms with Crippen molar-refractivity contribution in [2.75, 3.05) is 0 Å². The lowest BCUT2D eigenvalue weighted by molar-refractivity contribution is -0.329. The van der Waals surface area contributed by atoms with E-state index in [0.29, 0.717) is 26.3 Å². The molecule has 14 nitrogen and oxygen atoms in total. The third kappa shape index (κ3) is 5.82. The molecule has 0 aromatic heterocycles. The van der Waals surface area contributed by atoms with Crippen molar-refractivity contribution < 1.29 is 67.4 Å². The van der Waals surface area contributed by atoms with Crippen molar-refractivity contribution in [3.63, 3.8) is 0 Å². The molecule has 0 fully saturated rings. The lowest BCUT2D eigenvalue weighted by Crippen LogP contribution is -2.70. The first-order chi connectivity index (χ1) is 15.4. The quantitative estimate of drug-likeness (QED) is 0.119. The number of aliphatic hydroxyl groups excluding tert-OH is 1. The van der Waals surface area contributed by atoms with Gasteiger partial charge in [0.15, 0.2) is 0 Å². The van der Waals surface area contributed by atoms with E-state index in [0.717, 1.165) is 12.1 Å². The molecular weight excluding hydrogens is 484 g/mol. The van der Waals surface area contributed by atoms with Crippen LogP contribution in [0.15, 0.2) is 29.2 Å². The molecule has 0 heterocycles. The molecule has 0 spiro atoms. The summed E-state index contributed by atoms with van der Waals surface area (Å²) in [7, 11) is -4.78. The van der Waals surface area contributed by atoms with Crippen molar-refractivity contribution in [2.45, 2.75) is 50.5 Å². The van der Waals surface area contributed by atoms with Gasteiger partial charge in [0.05, 0.1) is 4.90 Å². The predicted octanol–water partition coefficient (Wildman–Crippen LogP) is -0.846. The summed E-state index contributed by atoms with van der Waals surface area (Å²) in [5, 5.41) is 28.9. The highest BCUT2D eigenvalue weighted by Gasteiger charge is 2.70. The molecule has 0 saturated heterocycles. The molecular formula is C19H22O14S. The Bertz CT molecular complexity index is 1020. The van der Waals surface area contributed by atoms with E-state index in [-0.39, 0.29) is 0 Å². The maximum atomic E-state index is 12.9. The second kappa shape index (κ2) is 10.4. The van der Waals surface area contributed by atoms with E-state index in [1.807, 2.05) is 0 Å². The van der Waals surface area contributed by atoms with Crippen LogP contribution in [0.5, 0.6) is 0 Å². The van der Waals surface area contributed by atoms with Gasteiger partial charge in [-0.2, -0.15) is 0 Å². The van der Waals surface area contributed by atoms with Crippen LogP contribution in [-0.4, -0.2) is 76.9 Å². The fourth-order valence-electron chi connectivity index (χ4n) is 2.45. The van der Waals surface area contributed by atoms with Gasteiger partial charge in [-0.15, -0.1) is 10.6 Å². The summed E-state index contributed by atoms with van der Waals surface area (Å²) in [5.41, 5.74) is 0.614. The molecule has 188 valence electrons. The number of ketones is 2. The van der Waals surface area contributed by atoms with Crippen molar-refractivity contribution in [3.8, 4) is 0 Å². The third-order valence-corrected chi connectivity index (χ3v) is 5.61. The zero-order valence-electron chi connectivity index (χ0n) is 18.2. The minimum Gasteiger partial charge on any atom is -0.428 e. The molecule has 5 N–H and O–H groups in total. The molecule has 0 aliphatic carbocycles. The topological polar surface area (TPSA) is 231 Å². The summed E-state index contributed by atoms with van der Waals surface area (Å²) in [6, 6.07) is 4.73. The number of esters is 3. The number of ether oxygens (including phenoxy) is 3. The number of hydrogen-bond acceptors (Lipinski definition) is 14. The van der Waals surface area contributed by atoms with Gasteiger partial charge in [0, 0.05) is 20.8 Å². The zero-order chi connectivity index (χ0) is 26.6. The Morgan fingerprint density at radius 1 is 0.824 bits per heavy atom. The number of carbonyl (C=O) groups excluding carboxylic acids is 6. The van der Waals surface area contributed by atoms with E-state index < -0.39 is 67.9 Å². The first-order valence-corrected chi connectivity index (χ1v) is 10.6. The van der Waals surface area contributed by atoms with Crippen LogP contribution in [0.3, 0.4) is 0 Å². The second-order valence-corrected chi connectivity index (χ2v) is 8.72. The zero-order valence-corrected chi connectivity index (χ0v) is 19.0. The fraction of sp³-hybridized carbons (Fsp3) is 0.368. The molecule has 34 heavy (non-hydrogen) atoms. The summed E-state index contributed by atoms with van der Waals surface area (Å²) in [6.45, 7) is 3.38. The molecule has 0 saturated carbocycles. The summed E-state index contributed by atoms with van der Waals surface area (Å²) >= 11 is 0. The Kier molecular flexibility index (Phi) is 8.79. The Labute approximate surface area is 193 Å². The smallest absolute Gasteiger partial charge is 0.355 e. The summed E-state index contributed by atoms with van der Waals surface area (Å²) < 4.78 is 33.3. The minimum absolute atomic E-state index is 0.530. The number of benzene rings is 1. The predicted molar refractivity (Wildman–Crippen MR) is 109 cm³/mol. The van der Waals surface area contributed by atoms with E-state index in [1.165, 1.54) is 12.1 Å². The van der Waals surface area contributed by atoms with E-state index in [4.69, 9.17) is 0 Å². The maximum Gasteiger partial charge on any atom is 0.355 e. The van der Waals surface area contributed by atoms with Crippen molar-refractivity contribution in [2.24, 2.45) is 0 Å². The lowest BCUT2D eigenvalue weighted by atomic mass is 9.96. The maximum absolute atomic E-state index is 12.9. The first kappa shape index (κ1) is 28.8. The van der Waals surface area contributed by atoms with Crippen LogP contribution in [0, 0.1) is 6.92 Å². The highest BCUT2D eigenvalue weighted by Crippen LogP contribution is 2.50. The molecule has 3 atom stereocenters. The Hall–Kier alpha value is -3.21. The first-order valence-electron chi connectivity index (χ1n) is 9.07. The summed E-state index contributed by atoms with van der Waals surface area (Å²) in [4.78, 5) is 71.7. The van der Waals surface area contributed by atoms with Crippen LogP contribution in [0.25, 0.3) is 0 Å². The average molecular weight is 506 g/mol. The average Bonchev–Trinajstić information content (AvgIpc) is 2.70. The van der Waals surface area contributed by atoms with Crippen molar-refractivity contribution in [1.29, 1.82) is 0 Å². The van der Waals surface area contributed by atoms with Gasteiger partial charge < -0.3 is 29.5 Å². The van der Waals surface area contributed by atoms with Crippen LogP contribution < -0.4 is 0 Å². The molecule has 1 unspecified atom stereocenters. The molecule has 0 amide bonds. The van der Waals surface area contributed by atoms with Gasteiger partial charge in [0.2, 0.25) is 0 Å². The number of rotatable bonds is 9. The number of aliphatic hydroxyl groups is 3. The van der Waals surface area contributed by atoms with Crippen molar-refractivity contribution >= 4 is 45.2 Å². The van der Waals surface area contributed by atoms with Gasteiger partial charge >= 0.3 is 34.6 Å². The van der Waals surface area contributed by atoms with Gasteiger partial charge in [-0.3, -0.25) is 37.9 Å². The molecule has 1 aromatic carbocycles. The molecule has 0 aliphatic heterocycles. The van der Waals surface area contributed by atoms with Gasteiger partial charge in [0.25, 0.3) is 17.9 Å². The van der Waals surface area contributed by atoms with E-state index in [2.05, 4.69) is 14.2 Å². The van der Waals surface area contributed by atoms with E-state index in [1.54, 1.807) is 6.92 Å². The molecule has 0 radical (unpaired) electrons. The number of hydrogen-bond donors (Lipinski definition) is 5. The monoisotopic (exact) mass is 506 g/mol. The standard InChI is InChI=1S/C19H22O14S/c1-9-5-7-13(8-6-9)34(29,30)17(26)15(24)19(28,33-12(4)22)18(27,32-11(3)21)14(23)16(25)31-10(2)20/h5-8,16,25,27-30H,1-4H3/t16?,18-,19-/m0/s1. The van der Waals surface area contributed by atoms with Crippen LogP contribution in [0.2, 0.25) is 0 Å². The van der Waals surface area contributed by atoms with Gasteiger partial charge in [-0.25, -0.2) is 0 Å². The fourth-order valence-corrected chi connectivity index (χ4v) is 3.58. The van der Waals surface area contributed by atoms with Crippen LogP contribution in [0.4, 0.5) is 0 Å². The molecule has 0 bridgehead atoms. The van der Waals surface area contributed by atoms with E-state index >= 15 is 0 Å². The lowest BCUT2D eigenvalue weighted by Gasteiger charge is -2.39. The number of carbonyl (C=O) groups is 6. The van der Waals surface area contributed by atoms with Gasteiger partial charge in [-0.05, 0) is 19.1 Å². The molecule has 1 rings (SSSR count). The third-order valence-electron chi connectivity index (χ3n) is 3.98. The van der Waals surface area contributed by atoms with E-state index in [9.17, 15) is 53.2 Å². The van der Waals surface area contributed by atoms with Crippen molar-refractivity contribution in [1.82, 2.24) is 0 Å². The molecule has 15 heteroatoms. The Balaban J connectivity index is 3.70. The summed E-state index contributed by atoms with van der Waals surface area (Å²) in [5.74, 6) is -18.3. The molecule has 0 aliphatic rings. The largest absolute Gasteiger partial charge is 0.428 e. The van der Waals surface area contributed by atoms with Crippen LogP contribution >= 0.6 is 10.6 Å². The number of aryl methyl sites for hydroxylation is 1. The Morgan fingerprint density at radius 3 is 1.68 bits per heavy atom. The number of Topliss-reactive ketones (excluding diaryl/α,β-unsaturated/α-hetero) is 2. The Morgan fingerprint density at radius 2 is 1.26 bits per heavy atom. The second-order valence-electron chi connectivity index (χ2n) is 6.78. The van der Waals surface area contributed by atoms with Gasteiger partial charge in [0.1, 0.15) is 0 Å². The minimum atomic E-state index is -4.78. The summed E-state index contributed by atoms with van der Waals surface area (Å²) in [6.07, 6.45) is -3.01. The van der Waals surface area contributed by atoms with Gasteiger partial charge in [-0.1, -0.05) is 17.7 Å². The normalized spacial score (nSPS) is 16.1. The van der Waals surface area contributed by atoms with Crippen LogP contribution in [-0.2, 0) is 43.0 Å². The highest BCUT2D eigenvalue weighted by molar-refractivity contribution is 8.38. The van der Waals surface area contributed by atoms with Crippen LogP contribution in [0.1, 0.15) is 26.3 Å². The van der Waals surface area contributed by atoms with Crippen molar-refractivity contribution in [3.05, 3.63) is 29.8 Å².